The molecule has 0 radical (unpaired) electrons. The summed E-state index contributed by atoms with van der Waals surface area (Å²) in [5.74, 6) is -0.348. The van der Waals surface area contributed by atoms with Gasteiger partial charge >= 0.3 is 0 Å². The van der Waals surface area contributed by atoms with E-state index in [2.05, 4.69) is 41.0 Å². The van der Waals surface area contributed by atoms with E-state index in [1.165, 1.54) is 23.7 Å². The van der Waals surface area contributed by atoms with Crippen LogP contribution in [0.1, 0.15) is 37.0 Å². The molecule has 19 heavy (non-hydrogen) atoms. The third-order valence-corrected chi connectivity index (χ3v) is 3.30. The molecule has 2 rings (SSSR count). The molecule has 0 saturated heterocycles. The van der Waals surface area contributed by atoms with Crippen molar-refractivity contribution in [3.63, 3.8) is 0 Å². The van der Waals surface area contributed by atoms with Gasteiger partial charge in [0.05, 0.1) is 18.1 Å². The van der Waals surface area contributed by atoms with Crippen LogP contribution in [-0.4, -0.2) is 20.9 Å². The molecule has 1 N–H and O–H groups in total. The lowest BCUT2D eigenvalue weighted by molar-refractivity contribution is 0.102. The Bertz CT molecular complexity index is 589. The van der Waals surface area contributed by atoms with Gasteiger partial charge in [-0.15, -0.1) is 11.3 Å². The lowest BCUT2D eigenvalue weighted by atomic mass is 9.93. The summed E-state index contributed by atoms with van der Waals surface area (Å²) >= 11 is 7.00. The maximum Gasteiger partial charge on any atom is 0.277 e. The van der Waals surface area contributed by atoms with Crippen LogP contribution >= 0.6 is 22.9 Å². The van der Waals surface area contributed by atoms with Gasteiger partial charge in [0, 0.05) is 10.8 Å². The van der Waals surface area contributed by atoms with Crippen molar-refractivity contribution in [3.8, 4) is 0 Å². The summed E-state index contributed by atoms with van der Waals surface area (Å²) in [6.07, 6.45) is 2.66. The fraction of sp³-hybridized carbons (Fsp3) is 0.333. The van der Waals surface area contributed by atoms with Gasteiger partial charge in [-0.2, -0.15) is 0 Å². The molecule has 0 atom stereocenters. The van der Waals surface area contributed by atoms with Gasteiger partial charge in [0.1, 0.15) is 10.8 Å². The number of nitrogens with zero attached hydrogens (tertiary/aromatic N) is 3. The van der Waals surface area contributed by atoms with E-state index in [9.17, 15) is 4.79 Å². The maximum atomic E-state index is 11.9. The Kier molecular flexibility index (Phi) is 3.82. The number of halogens is 1. The smallest absolute Gasteiger partial charge is 0.277 e. The second-order valence-electron chi connectivity index (χ2n) is 4.97. The van der Waals surface area contributed by atoms with Crippen molar-refractivity contribution in [1.29, 1.82) is 0 Å². The highest BCUT2D eigenvalue weighted by molar-refractivity contribution is 7.14. The molecule has 0 aliphatic heterocycles. The van der Waals surface area contributed by atoms with Crippen LogP contribution in [0.4, 0.5) is 5.13 Å². The van der Waals surface area contributed by atoms with Crippen molar-refractivity contribution in [2.75, 3.05) is 5.32 Å². The largest absolute Gasteiger partial charge is 0.296 e. The van der Waals surface area contributed by atoms with Gasteiger partial charge in [-0.05, 0) is 0 Å². The molecular formula is C12H13ClN4OS. The monoisotopic (exact) mass is 296 g/mol. The van der Waals surface area contributed by atoms with Crippen molar-refractivity contribution in [3.05, 3.63) is 34.3 Å². The summed E-state index contributed by atoms with van der Waals surface area (Å²) in [5, 5.41) is 5.43. The first-order chi connectivity index (χ1) is 8.86. The zero-order valence-electron chi connectivity index (χ0n) is 10.8. The van der Waals surface area contributed by atoms with Crippen molar-refractivity contribution >= 4 is 34.0 Å². The van der Waals surface area contributed by atoms with Crippen LogP contribution in [0, 0.1) is 0 Å². The zero-order chi connectivity index (χ0) is 14.0. The number of carbonyl (C=O) groups excluding carboxylic acids is 1. The highest BCUT2D eigenvalue weighted by Gasteiger charge is 2.18. The second kappa shape index (κ2) is 5.22. The quantitative estimate of drug-likeness (QED) is 0.924. The van der Waals surface area contributed by atoms with E-state index in [1.807, 2.05) is 5.38 Å². The minimum Gasteiger partial charge on any atom is -0.296 e. The number of hydrogen-bond acceptors (Lipinski definition) is 5. The van der Waals surface area contributed by atoms with Crippen molar-refractivity contribution in [1.82, 2.24) is 15.0 Å². The average molecular weight is 297 g/mol. The summed E-state index contributed by atoms with van der Waals surface area (Å²) in [4.78, 5) is 24.0. The van der Waals surface area contributed by atoms with Crippen LogP contribution in [0.3, 0.4) is 0 Å². The van der Waals surface area contributed by atoms with E-state index >= 15 is 0 Å². The highest BCUT2D eigenvalue weighted by Crippen LogP contribution is 2.26. The standard InChI is InChI=1S/C12H13ClN4OS/c1-12(2,3)8-6-19-11(16-8)17-10(18)7-4-15-9(13)5-14-7/h4-6H,1-3H3,(H,16,17,18). The summed E-state index contributed by atoms with van der Waals surface area (Å²) in [6, 6.07) is 0. The number of thiazole rings is 1. The number of aromatic nitrogens is 3. The van der Waals surface area contributed by atoms with Crippen molar-refractivity contribution in [2.45, 2.75) is 26.2 Å². The van der Waals surface area contributed by atoms with Gasteiger partial charge in [-0.3, -0.25) is 10.1 Å². The van der Waals surface area contributed by atoms with Crippen LogP contribution in [0.5, 0.6) is 0 Å². The molecule has 0 aliphatic carbocycles. The molecule has 0 aromatic carbocycles. The minimum atomic E-state index is -0.348. The SMILES string of the molecule is CC(C)(C)c1csc(NC(=O)c2cnc(Cl)cn2)n1. The lowest BCUT2D eigenvalue weighted by Crippen LogP contribution is -2.15. The number of amides is 1. The number of rotatable bonds is 2. The van der Waals surface area contributed by atoms with Gasteiger partial charge in [0.2, 0.25) is 0 Å². The van der Waals surface area contributed by atoms with Crippen LogP contribution in [0.15, 0.2) is 17.8 Å². The van der Waals surface area contributed by atoms with Crippen molar-refractivity contribution in [2.24, 2.45) is 0 Å². The molecule has 0 aliphatic rings. The van der Waals surface area contributed by atoms with E-state index in [0.29, 0.717) is 5.13 Å². The number of anilines is 1. The fourth-order valence-corrected chi connectivity index (χ4v) is 2.30. The number of hydrogen-bond donors (Lipinski definition) is 1. The second-order valence-corrected chi connectivity index (χ2v) is 6.21. The van der Waals surface area contributed by atoms with Gasteiger partial charge in [0.15, 0.2) is 5.13 Å². The molecule has 7 heteroatoms. The van der Waals surface area contributed by atoms with E-state index in [4.69, 9.17) is 11.6 Å². The summed E-state index contributed by atoms with van der Waals surface area (Å²) < 4.78 is 0. The van der Waals surface area contributed by atoms with Crippen molar-refractivity contribution < 1.29 is 4.79 Å². The van der Waals surface area contributed by atoms with Crippen LogP contribution in [0.25, 0.3) is 0 Å². The molecule has 1 amide bonds. The fourth-order valence-electron chi connectivity index (χ4n) is 1.27. The van der Waals surface area contributed by atoms with E-state index in [-0.39, 0.29) is 22.2 Å². The topological polar surface area (TPSA) is 67.8 Å². The summed E-state index contributed by atoms with van der Waals surface area (Å²) in [7, 11) is 0. The van der Waals surface area contributed by atoms with Crippen LogP contribution < -0.4 is 5.32 Å². The third kappa shape index (κ3) is 3.48. The molecule has 0 bridgehead atoms. The molecule has 0 saturated carbocycles. The lowest BCUT2D eigenvalue weighted by Gasteiger charge is -2.14. The molecule has 5 nitrogen and oxygen atoms in total. The number of carbonyl (C=O) groups is 1. The normalized spacial score (nSPS) is 11.4. The Morgan fingerprint density at radius 1 is 1.32 bits per heavy atom. The first kappa shape index (κ1) is 13.9. The molecule has 0 fully saturated rings. The van der Waals surface area contributed by atoms with Gasteiger partial charge in [-0.25, -0.2) is 15.0 Å². The molecule has 2 aromatic rings. The Morgan fingerprint density at radius 3 is 2.58 bits per heavy atom. The Hall–Kier alpha value is -1.53. The molecule has 2 heterocycles. The number of nitrogens with one attached hydrogen (secondary N) is 1. The van der Waals surface area contributed by atoms with Gasteiger partial charge in [0.25, 0.3) is 5.91 Å². The highest BCUT2D eigenvalue weighted by atomic mass is 35.5. The zero-order valence-corrected chi connectivity index (χ0v) is 12.3. The molecule has 0 unspecified atom stereocenters. The minimum absolute atomic E-state index is 0.0421. The maximum absolute atomic E-state index is 11.9. The van der Waals surface area contributed by atoms with Gasteiger partial charge in [-0.1, -0.05) is 32.4 Å². The Morgan fingerprint density at radius 2 is 2.05 bits per heavy atom. The van der Waals surface area contributed by atoms with E-state index in [1.54, 1.807) is 0 Å². The predicted octanol–water partition coefficient (Wildman–Crippen LogP) is 3.14. The summed E-state index contributed by atoms with van der Waals surface area (Å²) in [6.45, 7) is 6.20. The van der Waals surface area contributed by atoms with E-state index < -0.39 is 0 Å². The molecule has 2 aromatic heterocycles. The molecule has 0 spiro atoms. The predicted molar refractivity (Wildman–Crippen MR) is 75.8 cm³/mol. The summed E-state index contributed by atoms with van der Waals surface area (Å²) in [5.41, 5.74) is 1.10. The first-order valence-electron chi connectivity index (χ1n) is 5.61. The Balaban J connectivity index is 2.11. The molecular weight excluding hydrogens is 284 g/mol. The Labute approximate surface area is 120 Å². The average Bonchev–Trinajstić information content (AvgIpc) is 2.78. The van der Waals surface area contributed by atoms with E-state index in [0.717, 1.165) is 5.69 Å². The van der Waals surface area contributed by atoms with Crippen LogP contribution in [0.2, 0.25) is 5.15 Å². The first-order valence-corrected chi connectivity index (χ1v) is 6.87. The third-order valence-electron chi connectivity index (χ3n) is 2.35. The van der Waals surface area contributed by atoms with Crippen LogP contribution in [-0.2, 0) is 5.41 Å². The molecule has 100 valence electrons. The van der Waals surface area contributed by atoms with Gasteiger partial charge < -0.3 is 0 Å².